The first-order valence-corrected chi connectivity index (χ1v) is 29.6. The Labute approximate surface area is 526 Å². The van der Waals surface area contributed by atoms with Gasteiger partial charge in [0.25, 0.3) is 0 Å². The number of aliphatic hydroxyl groups excluding tert-OH is 16. The number of benzene rings is 4. The normalized spacial score (nSPS) is 31.3. The van der Waals surface area contributed by atoms with Crippen molar-refractivity contribution >= 4 is 0 Å². The van der Waals surface area contributed by atoms with Crippen molar-refractivity contribution in [2.45, 2.75) is 168 Å². The van der Waals surface area contributed by atoms with Gasteiger partial charge in [0.2, 0.25) is 0 Å². The van der Waals surface area contributed by atoms with Crippen molar-refractivity contribution < 1.29 is 144 Å². The number of methoxy groups -OCH3 is 4. The first-order chi connectivity index (χ1) is 43.7. The standard InChI is InChI=1S/C17H26O8.C16H24O7.C15H22O7.C14H20O7/c1-23-12-8-10(5-6-11(12)19)4-2-3-7-24-17-16(22)15(21)14(20)13(9-18)25-17;1-21-11-6-4-10(5-7-11)3-2-8-22-16-15(20)14(19)13(18)12(9-17)23-16;1-20-10-4-2-9(3-5-10)6-7-21-15-14(19)13(18)12(17)11(8-16)22-15;1-19-9-4-2-8(3-5-9)7-20-14-13(18)12(17)11(16)10(6-15)21-14/h5-6,8,13-22H,2-4,7,9H2,1H3;4-7,12-20H,2-3,8-9H2,1H3;2-5,11-19H,6-8H2,1H3;2-5,10-18H,6-7H2,1H3. The first kappa shape index (κ1) is 76.6. The Morgan fingerprint density at radius 1 is 0.319 bits per heavy atom. The lowest BCUT2D eigenvalue weighted by molar-refractivity contribution is -0.304. The summed E-state index contributed by atoms with van der Waals surface area (Å²) in [4.78, 5) is 0. The minimum atomic E-state index is -1.43. The maximum absolute atomic E-state index is 9.86. The summed E-state index contributed by atoms with van der Waals surface area (Å²) in [5.41, 5.74) is 3.99. The van der Waals surface area contributed by atoms with E-state index in [4.69, 9.17) is 77.3 Å². The van der Waals surface area contributed by atoms with Gasteiger partial charge in [-0.05, 0) is 109 Å². The van der Waals surface area contributed by atoms with E-state index in [1.807, 2.05) is 54.6 Å². The van der Waals surface area contributed by atoms with Gasteiger partial charge in [0.05, 0.1) is 74.7 Å². The highest BCUT2D eigenvalue weighted by molar-refractivity contribution is 5.41. The Bertz CT molecular complexity index is 2580. The van der Waals surface area contributed by atoms with Crippen LogP contribution in [0.1, 0.15) is 41.5 Å². The van der Waals surface area contributed by atoms with E-state index in [9.17, 15) is 66.4 Å². The maximum Gasteiger partial charge on any atom is 0.187 e. The topological polar surface area (TPSA) is 455 Å². The largest absolute Gasteiger partial charge is 0.504 e. The quantitative estimate of drug-likeness (QED) is 0.0280. The highest BCUT2D eigenvalue weighted by Gasteiger charge is 2.47. The number of hydrogen-bond donors (Lipinski definition) is 17. The van der Waals surface area contributed by atoms with Gasteiger partial charge in [-0.15, -0.1) is 0 Å². The van der Waals surface area contributed by atoms with E-state index in [1.165, 1.54) is 7.11 Å². The minimum absolute atomic E-state index is 0.0946. The van der Waals surface area contributed by atoms with Crippen LogP contribution in [0, 0.1) is 0 Å². The van der Waals surface area contributed by atoms with Crippen molar-refractivity contribution in [3.63, 3.8) is 0 Å². The molecule has 0 radical (unpaired) electrons. The maximum atomic E-state index is 9.86. The van der Waals surface area contributed by atoms with Crippen LogP contribution in [-0.2, 0) is 63.8 Å². The van der Waals surface area contributed by atoms with Crippen molar-refractivity contribution in [1.82, 2.24) is 0 Å². The molecule has 4 aliphatic rings. The third-order valence-electron chi connectivity index (χ3n) is 15.2. The smallest absolute Gasteiger partial charge is 0.187 e. The number of unbranched alkanes of at least 4 members (excludes halogenated alkanes) is 1. The fourth-order valence-electron chi connectivity index (χ4n) is 9.58. The predicted octanol–water partition coefficient (Wildman–Crippen LogP) is -2.95. The Morgan fingerprint density at radius 3 is 1.00 bits per heavy atom. The van der Waals surface area contributed by atoms with Crippen molar-refractivity contribution in [3.05, 3.63) is 113 Å². The van der Waals surface area contributed by atoms with Gasteiger partial charge in [-0.2, -0.15) is 0 Å². The van der Waals surface area contributed by atoms with Crippen LogP contribution in [0.5, 0.6) is 28.7 Å². The number of aromatic hydroxyl groups is 1. The zero-order chi connectivity index (χ0) is 66.7. The van der Waals surface area contributed by atoms with Gasteiger partial charge in [0.15, 0.2) is 36.7 Å². The SMILES string of the molecule is COc1cc(CCCCOC2OC(CO)C(O)C(O)C2O)ccc1O.COc1ccc(CCCOC2OC(CO)C(O)C(O)C2O)cc1.COc1ccc(CCOC2OC(CO)C(O)C(O)C2O)cc1.COc1ccc(COC2OC(CO)C(O)C(O)C2O)cc1. The van der Waals surface area contributed by atoms with Gasteiger partial charge >= 0.3 is 0 Å². The lowest BCUT2D eigenvalue weighted by Crippen LogP contribution is -2.59. The summed E-state index contributed by atoms with van der Waals surface area (Å²) < 4.78 is 63.0. The van der Waals surface area contributed by atoms with Crippen LogP contribution >= 0.6 is 0 Å². The number of rotatable bonds is 26. The summed E-state index contributed by atoms with van der Waals surface area (Å²) in [7, 11) is 6.27. The van der Waals surface area contributed by atoms with Crippen molar-refractivity contribution in [2.75, 3.05) is 74.7 Å². The van der Waals surface area contributed by atoms with Crippen LogP contribution in [-0.4, -0.2) is 284 Å². The Kier molecular flexibility index (Phi) is 33.3. The summed E-state index contributed by atoms with van der Waals surface area (Å²) in [6.45, 7) is -0.880. The van der Waals surface area contributed by atoms with Gasteiger partial charge < -0.3 is 144 Å². The Hall–Kier alpha value is -5.08. The molecule has 29 heteroatoms. The van der Waals surface area contributed by atoms with Crippen LogP contribution in [0.3, 0.4) is 0 Å². The zero-order valence-electron chi connectivity index (χ0n) is 51.1. The average molecular weight is 1300 g/mol. The second kappa shape index (κ2) is 39.6. The molecule has 0 bridgehead atoms. The molecule has 514 valence electrons. The van der Waals surface area contributed by atoms with E-state index in [-0.39, 0.29) is 25.6 Å². The van der Waals surface area contributed by atoms with Crippen molar-refractivity contribution in [3.8, 4) is 28.7 Å². The summed E-state index contributed by atoms with van der Waals surface area (Å²) in [6, 6.07) is 27.5. The second-order valence-electron chi connectivity index (χ2n) is 21.6. The molecular formula is C62H92O29. The number of hydrogen-bond acceptors (Lipinski definition) is 29. The molecule has 91 heavy (non-hydrogen) atoms. The number of aliphatic hydroxyl groups is 16. The Morgan fingerprint density at radius 2 is 0.637 bits per heavy atom. The van der Waals surface area contributed by atoms with Crippen molar-refractivity contribution in [1.29, 1.82) is 0 Å². The van der Waals surface area contributed by atoms with E-state index in [1.54, 1.807) is 57.7 Å². The van der Waals surface area contributed by atoms with E-state index in [0.29, 0.717) is 37.4 Å². The molecule has 4 aliphatic heterocycles. The highest BCUT2D eigenvalue weighted by Crippen LogP contribution is 2.29. The van der Waals surface area contributed by atoms with Gasteiger partial charge in [-0.1, -0.05) is 42.5 Å². The zero-order valence-corrected chi connectivity index (χ0v) is 51.1. The summed E-state index contributed by atoms with van der Waals surface area (Å²) in [5.74, 6) is 2.80. The predicted molar refractivity (Wildman–Crippen MR) is 316 cm³/mol. The number of ether oxygens (including phenoxy) is 12. The average Bonchev–Trinajstić information content (AvgIpc) is 3.23. The lowest BCUT2D eigenvalue weighted by atomic mass is 9.99. The van der Waals surface area contributed by atoms with Crippen LogP contribution < -0.4 is 18.9 Å². The summed E-state index contributed by atoms with van der Waals surface area (Å²) >= 11 is 0. The minimum Gasteiger partial charge on any atom is -0.504 e. The van der Waals surface area contributed by atoms with Crippen LogP contribution in [0.25, 0.3) is 0 Å². The molecule has 0 spiro atoms. The molecule has 0 aliphatic carbocycles. The molecule has 4 heterocycles. The summed E-state index contributed by atoms with van der Waals surface area (Å²) in [5, 5.41) is 163. The van der Waals surface area contributed by atoms with E-state index in [0.717, 1.165) is 53.0 Å². The molecule has 0 amide bonds. The summed E-state index contributed by atoms with van der Waals surface area (Å²) in [6.07, 6.45) is -20.6. The van der Waals surface area contributed by atoms with Crippen LogP contribution in [0.4, 0.5) is 0 Å². The highest BCUT2D eigenvalue weighted by atomic mass is 16.7. The number of phenolic OH excluding ortho intramolecular Hbond substituents is 1. The molecular weight excluding hydrogens is 1210 g/mol. The van der Waals surface area contributed by atoms with Gasteiger partial charge in [0.1, 0.15) is 115 Å². The molecule has 0 saturated carbocycles. The van der Waals surface area contributed by atoms with E-state index >= 15 is 0 Å². The molecule has 4 aromatic rings. The fourth-order valence-corrected chi connectivity index (χ4v) is 9.58. The van der Waals surface area contributed by atoms with Crippen molar-refractivity contribution in [2.24, 2.45) is 0 Å². The fraction of sp³-hybridized carbons (Fsp3) is 0.613. The third-order valence-corrected chi connectivity index (χ3v) is 15.2. The molecule has 8 rings (SSSR count). The van der Waals surface area contributed by atoms with Gasteiger partial charge in [0, 0.05) is 6.61 Å². The Balaban J connectivity index is 0.000000221. The monoisotopic (exact) mass is 1300 g/mol. The second-order valence-corrected chi connectivity index (χ2v) is 21.6. The molecule has 17 N–H and O–H groups in total. The van der Waals surface area contributed by atoms with E-state index < -0.39 is 149 Å². The van der Waals surface area contributed by atoms with Crippen LogP contribution in [0.15, 0.2) is 91.0 Å². The van der Waals surface area contributed by atoms with Crippen LogP contribution in [0.2, 0.25) is 0 Å². The molecule has 29 nitrogen and oxygen atoms in total. The molecule has 20 atom stereocenters. The molecule has 4 saturated heterocycles. The van der Waals surface area contributed by atoms with E-state index in [2.05, 4.69) is 0 Å². The van der Waals surface area contributed by atoms with Gasteiger partial charge in [-0.3, -0.25) is 0 Å². The molecule has 20 unspecified atom stereocenters. The number of phenols is 1. The lowest BCUT2D eigenvalue weighted by Gasteiger charge is -2.39. The molecule has 4 fully saturated rings. The molecule has 4 aromatic carbocycles. The first-order valence-electron chi connectivity index (χ1n) is 29.6. The number of aryl methyl sites for hydroxylation is 2. The molecule has 0 aromatic heterocycles. The third kappa shape index (κ3) is 22.8. The van der Waals surface area contributed by atoms with Gasteiger partial charge in [-0.25, -0.2) is 0 Å².